The maximum atomic E-state index is 5.89. The van der Waals surface area contributed by atoms with Crippen LogP contribution in [-0.4, -0.2) is 19.6 Å². The van der Waals surface area contributed by atoms with E-state index in [4.69, 9.17) is 4.74 Å². The average Bonchev–Trinajstić information content (AvgIpc) is 2.95. The van der Waals surface area contributed by atoms with Gasteiger partial charge in [0.05, 0.1) is 7.11 Å². The average molecular weight is 539 g/mol. The first kappa shape index (κ1) is 25.7. The van der Waals surface area contributed by atoms with E-state index < -0.39 is 17.9 Å². The number of para-hydroxylation sites is 1. The monoisotopic (exact) mass is 538 g/mol. The van der Waals surface area contributed by atoms with E-state index >= 15 is 0 Å². The highest BCUT2D eigenvalue weighted by Gasteiger charge is 2.29. The zero-order chi connectivity index (χ0) is 25.7. The molecule has 0 amide bonds. The molecule has 4 heteroatoms. The highest BCUT2D eigenvalue weighted by molar-refractivity contribution is 8.33. The van der Waals surface area contributed by atoms with Crippen LogP contribution in [0.1, 0.15) is 0 Å². The van der Waals surface area contributed by atoms with Crippen LogP contribution < -0.4 is 31.3 Å². The van der Waals surface area contributed by atoms with Gasteiger partial charge in [-0.2, -0.15) is 10.0 Å². The van der Waals surface area contributed by atoms with Crippen molar-refractivity contribution in [3.05, 3.63) is 133 Å². The van der Waals surface area contributed by atoms with Crippen molar-refractivity contribution in [1.82, 2.24) is 0 Å². The summed E-state index contributed by atoms with van der Waals surface area (Å²) in [4.78, 5) is 2.91. The number of hydrogen-bond donors (Lipinski definition) is 0. The summed E-state index contributed by atoms with van der Waals surface area (Å²) >= 11 is 0. The molecule has 37 heavy (non-hydrogen) atoms. The molecule has 1 unspecified atom stereocenters. The Balaban J connectivity index is 1.68. The molecule has 5 aromatic carbocycles. The molecular weight excluding hydrogens is 506 g/mol. The highest BCUT2D eigenvalue weighted by Crippen LogP contribution is 2.58. The topological polar surface area (TPSA) is 9.23 Å². The zero-order valence-electron chi connectivity index (χ0n) is 21.5. The lowest BCUT2D eigenvalue weighted by Gasteiger charge is -2.37. The molecule has 5 aromatic rings. The standard InChI is InChI=1S/C33H32OP2S/c1-34-28-20-10-12-22-30(28)36(27-18-8-5-9-19-27)31-23-13-15-25-33(31)37(2,3)32-24-14-11-21-29(32)35-26-16-6-4-7-17-26/h4-25,35H,1-3H3/t36-/m1/s1. The maximum Gasteiger partial charge on any atom is 0.127 e. The summed E-state index contributed by atoms with van der Waals surface area (Å²) in [6.45, 7) is 0. The lowest BCUT2D eigenvalue weighted by molar-refractivity contribution is 0.418. The van der Waals surface area contributed by atoms with E-state index in [1.54, 1.807) is 7.11 Å². The van der Waals surface area contributed by atoms with E-state index in [9.17, 15) is 0 Å². The lowest BCUT2D eigenvalue weighted by Crippen LogP contribution is -2.25. The Morgan fingerprint density at radius 1 is 0.568 bits per heavy atom. The molecule has 186 valence electrons. The minimum absolute atomic E-state index is 0.635. The van der Waals surface area contributed by atoms with Crippen molar-refractivity contribution in [2.75, 3.05) is 19.6 Å². The van der Waals surface area contributed by atoms with Crippen LogP contribution in [0.4, 0.5) is 0 Å². The molecule has 0 aromatic heterocycles. The normalized spacial score (nSPS) is 12.9. The maximum absolute atomic E-state index is 5.89. The van der Waals surface area contributed by atoms with Gasteiger partial charge in [-0.05, 0) is 59.9 Å². The fourth-order valence-electron chi connectivity index (χ4n) is 4.68. The summed E-state index contributed by atoms with van der Waals surface area (Å²) in [7, 11) is 0.286. The Kier molecular flexibility index (Phi) is 8.11. The molecule has 0 spiro atoms. The molecule has 0 saturated heterocycles. The molecule has 0 aliphatic carbocycles. The molecule has 1 nitrogen and oxygen atoms in total. The van der Waals surface area contributed by atoms with Crippen LogP contribution in [0.2, 0.25) is 0 Å². The van der Waals surface area contributed by atoms with Gasteiger partial charge >= 0.3 is 0 Å². The first-order valence-electron chi connectivity index (χ1n) is 12.3. The molecule has 0 fully saturated rings. The molecule has 0 aliphatic rings. The number of ether oxygens (including phenoxy) is 1. The van der Waals surface area contributed by atoms with Crippen LogP contribution in [0.25, 0.3) is 0 Å². The number of benzene rings is 5. The third-order valence-corrected chi connectivity index (χ3v) is 13.6. The summed E-state index contributed by atoms with van der Waals surface area (Å²) in [6, 6.07) is 48.4. The smallest absolute Gasteiger partial charge is 0.127 e. The van der Waals surface area contributed by atoms with E-state index in [2.05, 4.69) is 146 Å². The molecule has 0 bridgehead atoms. The second-order valence-corrected chi connectivity index (χ2v) is 16.2. The van der Waals surface area contributed by atoms with Gasteiger partial charge in [-0.1, -0.05) is 124 Å². The summed E-state index contributed by atoms with van der Waals surface area (Å²) in [5.74, 6) is 0.950. The number of methoxy groups -OCH3 is 1. The summed E-state index contributed by atoms with van der Waals surface area (Å²) < 4.78 is 5.89. The molecule has 5 rings (SSSR count). The van der Waals surface area contributed by atoms with Gasteiger partial charge in [-0.3, -0.25) is 0 Å². The van der Waals surface area contributed by atoms with Crippen LogP contribution in [0, 0.1) is 0 Å². The predicted octanol–water partition coefficient (Wildman–Crippen LogP) is 6.56. The van der Waals surface area contributed by atoms with E-state index in [0.29, 0.717) is 8.58 Å². The lowest BCUT2D eigenvalue weighted by atomic mass is 10.3. The molecule has 0 radical (unpaired) electrons. The van der Waals surface area contributed by atoms with Gasteiger partial charge < -0.3 is 4.74 Å². The predicted molar refractivity (Wildman–Crippen MR) is 168 cm³/mol. The van der Waals surface area contributed by atoms with Crippen LogP contribution in [0.5, 0.6) is 5.75 Å². The Hall–Kier alpha value is -2.89. The highest BCUT2D eigenvalue weighted by atomic mass is 32.3. The molecule has 0 aliphatic heterocycles. The first-order valence-corrected chi connectivity index (χ1v) is 17.1. The third kappa shape index (κ3) is 5.53. The van der Waals surface area contributed by atoms with Crippen molar-refractivity contribution in [3.63, 3.8) is 0 Å². The van der Waals surface area contributed by atoms with Crippen LogP contribution in [-0.2, 0) is 0 Å². The summed E-state index contributed by atoms with van der Waals surface area (Å²) in [5, 5.41) is 6.81. The van der Waals surface area contributed by atoms with Crippen LogP contribution >= 0.6 is 26.5 Å². The Bertz CT molecular complexity index is 1470. The largest absolute Gasteiger partial charge is 0.496 e. The molecular formula is C33H32OP2S. The van der Waals surface area contributed by atoms with Crippen LogP contribution in [0.15, 0.2) is 143 Å². The Morgan fingerprint density at radius 3 is 1.81 bits per heavy atom. The minimum atomic E-state index is -1.32. The van der Waals surface area contributed by atoms with E-state index in [-0.39, 0.29) is 0 Å². The van der Waals surface area contributed by atoms with Crippen molar-refractivity contribution < 1.29 is 4.74 Å². The summed E-state index contributed by atoms with van der Waals surface area (Å²) in [5.41, 5.74) is 0. The van der Waals surface area contributed by atoms with Gasteiger partial charge in [0.1, 0.15) is 5.75 Å². The van der Waals surface area contributed by atoms with E-state index in [0.717, 1.165) is 5.75 Å². The zero-order valence-corrected chi connectivity index (χ0v) is 24.2. The quantitative estimate of drug-likeness (QED) is 0.203. The van der Waals surface area contributed by atoms with Gasteiger partial charge in [0.15, 0.2) is 0 Å². The second kappa shape index (κ2) is 11.7. The fourth-order valence-corrected chi connectivity index (χ4v) is 12.3. The second-order valence-electron chi connectivity index (χ2n) is 9.12. The van der Waals surface area contributed by atoms with Gasteiger partial charge in [-0.25, -0.2) is 0 Å². The van der Waals surface area contributed by atoms with Gasteiger partial charge in [0.2, 0.25) is 0 Å². The molecule has 2 atom stereocenters. The van der Waals surface area contributed by atoms with Gasteiger partial charge in [0, 0.05) is 15.1 Å². The minimum Gasteiger partial charge on any atom is -0.496 e. The number of hydrogen-bond acceptors (Lipinski definition) is 1. The first-order chi connectivity index (χ1) is 18.1. The van der Waals surface area contributed by atoms with Crippen LogP contribution in [0.3, 0.4) is 0 Å². The van der Waals surface area contributed by atoms with Crippen molar-refractivity contribution in [2.45, 2.75) is 9.79 Å². The summed E-state index contributed by atoms with van der Waals surface area (Å²) in [6.07, 6.45) is 4.92. The Labute approximate surface area is 225 Å². The Morgan fingerprint density at radius 2 is 1.11 bits per heavy atom. The van der Waals surface area contributed by atoms with Gasteiger partial charge in [-0.15, -0.1) is 0 Å². The molecule has 0 saturated carbocycles. The molecule has 0 N–H and O–H groups in total. The van der Waals surface area contributed by atoms with Crippen molar-refractivity contribution in [1.29, 1.82) is 0 Å². The van der Waals surface area contributed by atoms with Crippen molar-refractivity contribution in [2.24, 2.45) is 0 Å². The number of rotatable bonds is 8. The fraction of sp³-hybridized carbons (Fsp3) is 0.0909. The van der Waals surface area contributed by atoms with E-state index in [1.807, 2.05) is 0 Å². The SMILES string of the molecule is COc1ccccc1[P@@](c1ccccc1)c1ccccc1S(C)(C)c1ccccc1Pc1ccccc1. The third-order valence-electron chi connectivity index (χ3n) is 6.49. The van der Waals surface area contributed by atoms with Gasteiger partial charge in [0.25, 0.3) is 0 Å². The van der Waals surface area contributed by atoms with E-state index in [1.165, 1.54) is 36.3 Å². The molecule has 0 heterocycles. The van der Waals surface area contributed by atoms with Crippen molar-refractivity contribution >= 4 is 53.1 Å². The van der Waals surface area contributed by atoms with Crippen molar-refractivity contribution in [3.8, 4) is 5.75 Å².